The molecule has 0 aliphatic rings. The van der Waals surface area contributed by atoms with Crippen LogP contribution >= 0.6 is 15.9 Å². The van der Waals surface area contributed by atoms with E-state index >= 15 is 0 Å². The molecule has 0 radical (unpaired) electrons. The molecule has 0 aliphatic heterocycles. The summed E-state index contributed by atoms with van der Waals surface area (Å²) in [5.41, 5.74) is 0.181. The smallest absolute Gasteiger partial charge is 0.270 e. The standard InChI is InChI=1S/C9H6BrNO3/c10-5-1-2-7-6-8(11(13)14)3-4-9(7)12/h3-4,6,12H,5H2. The summed E-state index contributed by atoms with van der Waals surface area (Å²) in [4.78, 5) is 9.88. The molecule has 1 aromatic carbocycles. The summed E-state index contributed by atoms with van der Waals surface area (Å²) in [7, 11) is 0. The van der Waals surface area contributed by atoms with E-state index in [0.717, 1.165) is 0 Å². The Morgan fingerprint density at radius 2 is 2.29 bits per heavy atom. The maximum Gasteiger partial charge on any atom is 0.270 e. The number of alkyl halides is 1. The first-order valence-corrected chi connectivity index (χ1v) is 4.79. The van der Waals surface area contributed by atoms with Crippen molar-refractivity contribution in [3.05, 3.63) is 33.9 Å². The van der Waals surface area contributed by atoms with Crippen LogP contribution in [0, 0.1) is 22.0 Å². The van der Waals surface area contributed by atoms with Crippen molar-refractivity contribution in [1.82, 2.24) is 0 Å². The van der Waals surface area contributed by atoms with Crippen molar-refractivity contribution >= 4 is 21.6 Å². The molecule has 1 rings (SSSR count). The van der Waals surface area contributed by atoms with Crippen molar-refractivity contribution in [1.29, 1.82) is 0 Å². The number of rotatable bonds is 1. The second kappa shape index (κ2) is 4.63. The maximum atomic E-state index is 10.4. The summed E-state index contributed by atoms with van der Waals surface area (Å²) >= 11 is 3.09. The number of non-ortho nitro benzene ring substituents is 1. The van der Waals surface area contributed by atoms with Gasteiger partial charge in [-0.05, 0) is 6.07 Å². The highest BCUT2D eigenvalue weighted by Crippen LogP contribution is 2.21. The van der Waals surface area contributed by atoms with Gasteiger partial charge < -0.3 is 5.11 Å². The van der Waals surface area contributed by atoms with Crippen molar-refractivity contribution in [3.63, 3.8) is 0 Å². The van der Waals surface area contributed by atoms with Gasteiger partial charge in [-0.3, -0.25) is 10.1 Å². The monoisotopic (exact) mass is 255 g/mol. The highest BCUT2D eigenvalue weighted by Gasteiger charge is 2.07. The van der Waals surface area contributed by atoms with Crippen molar-refractivity contribution in [2.45, 2.75) is 0 Å². The van der Waals surface area contributed by atoms with Gasteiger partial charge in [-0.25, -0.2) is 0 Å². The molecule has 0 unspecified atom stereocenters. The normalized spacial score (nSPS) is 8.93. The van der Waals surface area contributed by atoms with Crippen molar-refractivity contribution in [2.24, 2.45) is 0 Å². The second-order valence-corrected chi connectivity index (χ2v) is 2.95. The van der Waals surface area contributed by atoms with E-state index in [2.05, 4.69) is 27.8 Å². The number of hydrogen-bond donors (Lipinski definition) is 1. The maximum absolute atomic E-state index is 10.4. The Morgan fingerprint density at radius 3 is 2.86 bits per heavy atom. The van der Waals surface area contributed by atoms with Crippen LogP contribution in [0.2, 0.25) is 0 Å². The molecule has 0 saturated heterocycles. The van der Waals surface area contributed by atoms with Gasteiger partial charge in [0, 0.05) is 12.1 Å². The predicted octanol–water partition coefficient (Wildman–Crippen LogP) is 2.05. The van der Waals surface area contributed by atoms with Gasteiger partial charge in [-0.2, -0.15) is 0 Å². The molecule has 0 amide bonds. The van der Waals surface area contributed by atoms with E-state index in [9.17, 15) is 15.2 Å². The molecule has 5 heteroatoms. The van der Waals surface area contributed by atoms with Gasteiger partial charge in [0.2, 0.25) is 0 Å². The molecule has 0 aliphatic carbocycles. The summed E-state index contributed by atoms with van der Waals surface area (Å²) in [6, 6.07) is 3.73. The first-order valence-electron chi connectivity index (χ1n) is 3.67. The topological polar surface area (TPSA) is 63.4 Å². The molecular formula is C9H6BrNO3. The molecule has 0 saturated carbocycles. The lowest BCUT2D eigenvalue weighted by Gasteiger charge is -1.95. The van der Waals surface area contributed by atoms with Crippen LogP contribution in [0.4, 0.5) is 5.69 Å². The molecule has 4 nitrogen and oxygen atoms in total. The number of nitro groups is 1. The Morgan fingerprint density at radius 1 is 1.57 bits per heavy atom. The van der Waals surface area contributed by atoms with Gasteiger partial charge in [0.25, 0.3) is 5.69 Å². The summed E-state index contributed by atoms with van der Waals surface area (Å²) in [6.45, 7) is 0. The lowest BCUT2D eigenvalue weighted by molar-refractivity contribution is -0.384. The third-order valence-electron chi connectivity index (χ3n) is 1.48. The molecule has 0 bridgehead atoms. The lowest BCUT2D eigenvalue weighted by Crippen LogP contribution is -1.88. The van der Waals surface area contributed by atoms with Crippen molar-refractivity contribution < 1.29 is 10.0 Å². The Kier molecular flexibility index (Phi) is 3.48. The minimum absolute atomic E-state index is 0.0518. The van der Waals surface area contributed by atoms with E-state index in [1.807, 2.05) is 0 Å². The summed E-state index contributed by atoms with van der Waals surface area (Å²) in [6.07, 6.45) is 0. The van der Waals surface area contributed by atoms with Crippen LogP contribution in [0.15, 0.2) is 18.2 Å². The first kappa shape index (κ1) is 10.5. The van der Waals surface area contributed by atoms with E-state index in [1.54, 1.807) is 0 Å². The number of hydrogen-bond acceptors (Lipinski definition) is 3. The number of phenols is 1. The van der Waals surface area contributed by atoms with Gasteiger partial charge in [0.1, 0.15) is 5.75 Å². The minimum atomic E-state index is -0.529. The fourth-order valence-corrected chi connectivity index (χ4v) is 1.01. The number of nitro benzene ring substituents is 1. The molecule has 1 aromatic rings. The summed E-state index contributed by atoms with van der Waals surface area (Å²) in [5, 5.41) is 20.2. The third kappa shape index (κ3) is 2.47. The highest BCUT2D eigenvalue weighted by molar-refractivity contribution is 9.09. The van der Waals surface area contributed by atoms with E-state index in [4.69, 9.17) is 0 Å². The molecule has 0 spiro atoms. The molecule has 72 valence electrons. The van der Waals surface area contributed by atoms with Crippen LogP contribution in [-0.2, 0) is 0 Å². The zero-order valence-electron chi connectivity index (χ0n) is 7.03. The minimum Gasteiger partial charge on any atom is -0.507 e. The number of nitrogens with zero attached hydrogens (tertiary/aromatic N) is 1. The van der Waals surface area contributed by atoms with Crippen molar-refractivity contribution in [3.8, 4) is 17.6 Å². The van der Waals surface area contributed by atoms with Crippen LogP contribution in [0.5, 0.6) is 5.75 Å². The van der Waals surface area contributed by atoms with E-state index in [-0.39, 0.29) is 17.0 Å². The van der Waals surface area contributed by atoms with E-state index < -0.39 is 4.92 Å². The number of phenolic OH excluding ortho intramolecular Hbond substituents is 1. The van der Waals surface area contributed by atoms with Gasteiger partial charge in [0.15, 0.2) is 0 Å². The summed E-state index contributed by atoms with van der Waals surface area (Å²) in [5.74, 6) is 5.21. The van der Waals surface area contributed by atoms with Gasteiger partial charge in [0.05, 0.1) is 15.8 Å². The SMILES string of the molecule is O=[N+]([O-])c1ccc(O)c(C#CCBr)c1. The quantitative estimate of drug-likeness (QED) is 0.362. The molecule has 14 heavy (non-hydrogen) atoms. The Labute approximate surface area is 88.8 Å². The highest BCUT2D eigenvalue weighted by atomic mass is 79.9. The van der Waals surface area contributed by atoms with Crippen LogP contribution in [-0.4, -0.2) is 15.4 Å². The van der Waals surface area contributed by atoms with E-state index in [1.165, 1.54) is 18.2 Å². The largest absolute Gasteiger partial charge is 0.507 e. The number of benzene rings is 1. The fourth-order valence-electron chi connectivity index (χ4n) is 0.866. The predicted molar refractivity (Wildman–Crippen MR) is 55.4 cm³/mol. The Hall–Kier alpha value is -1.54. The Balaban J connectivity index is 3.14. The van der Waals surface area contributed by atoms with Crippen molar-refractivity contribution in [2.75, 3.05) is 5.33 Å². The average Bonchev–Trinajstić information content (AvgIpc) is 2.16. The lowest BCUT2D eigenvalue weighted by atomic mass is 10.2. The molecule has 0 aromatic heterocycles. The molecular weight excluding hydrogens is 250 g/mol. The van der Waals surface area contributed by atoms with Crippen LogP contribution < -0.4 is 0 Å². The number of aromatic hydroxyl groups is 1. The Bertz CT molecular complexity index is 420. The van der Waals surface area contributed by atoms with Gasteiger partial charge in [-0.1, -0.05) is 27.8 Å². The molecule has 1 N–H and O–H groups in total. The molecule has 0 atom stereocenters. The average molecular weight is 256 g/mol. The van der Waals surface area contributed by atoms with E-state index in [0.29, 0.717) is 5.33 Å². The van der Waals surface area contributed by atoms with Crippen LogP contribution in [0.3, 0.4) is 0 Å². The zero-order valence-corrected chi connectivity index (χ0v) is 8.61. The molecule has 0 heterocycles. The number of halogens is 1. The third-order valence-corrected chi connectivity index (χ3v) is 1.76. The second-order valence-electron chi connectivity index (χ2n) is 2.39. The fraction of sp³-hybridized carbons (Fsp3) is 0.111. The zero-order chi connectivity index (χ0) is 10.6. The summed E-state index contributed by atoms with van der Waals surface area (Å²) < 4.78 is 0. The van der Waals surface area contributed by atoms with Crippen LogP contribution in [0.1, 0.15) is 5.56 Å². The first-order chi connectivity index (χ1) is 6.65. The van der Waals surface area contributed by atoms with Gasteiger partial charge in [-0.15, -0.1) is 0 Å². The van der Waals surface area contributed by atoms with Gasteiger partial charge >= 0.3 is 0 Å². The van der Waals surface area contributed by atoms with Crippen LogP contribution in [0.25, 0.3) is 0 Å². The molecule has 0 fully saturated rings.